The molecule has 1 atom stereocenters. The number of rotatable bonds is 4. The Bertz CT molecular complexity index is 1410. The van der Waals surface area contributed by atoms with E-state index in [0.717, 1.165) is 58.3 Å². The van der Waals surface area contributed by atoms with Crippen molar-refractivity contribution in [3.05, 3.63) is 52.3 Å². The summed E-state index contributed by atoms with van der Waals surface area (Å²) in [5, 5.41) is 4.29. The summed E-state index contributed by atoms with van der Waals surface area (Å²) in [7, 11) is 3.55. The standard InChI is InChI=1S/C24H29N7O2/c1-15-9-21-20(10-19(15)17-8-16(2)23-25-14-26-30(23)11-17)27-24(33)31(21)18-6-5-7-29(12-18)13-22(32)28(3)4/h8-11,14,18H,5-7,12-13H2,1-4H3,(H,27,33)/t18-/m0/s1. The third kappa shape index (κ3) is 3.82. The smallest absolute Gasteiger partial charge is 0.326 e. The van der Waals surface area contributed by atoms with Crippen LogP contribution in [0, 0.1) is 13.8 Å². The van der Waals surface area contributed by atoms with Crippen LogP contribution in [0.15, 0.2) is 35.5 Å². The molecule has 0 bridgehead atoms. The van der Waals surface area contributed by atoms with Crippen LogP contribution in [-0.4, -0.2) is 73.6 Å². The Hall–Kier alpha value is -3.46. The Morgan fingerprint density at radius 2 is 2.03 bits per heavy atom. The first-order chi connectivity index (χ1) is 15.8. The number of H-pyrrole nitrogens is 1. The second kappa shape index (κ2) is 8.15. The van der Waals surface area contributed by atoms with Crippen molar-refractivity contribution in [3.63, 3.8) is 0 Å². The molecule has 3 aromatic heterocycles. The number of carbonyl (C=O) groups excluding carboxylic acids is 1. The second-order valence-corrected chi connectivity index (χ2v) is 9.24. The van der Waals surface area contributed by atoms with Crippen LogP contribution in [0.25, 0.3) is 27.8 Å². The highest BCUT2D eigenvalue weighted by atomic mass is 16.2. The number of benzene rings is 1. The minimum absolute atomic E-state index is 0.0361. The van der Waals surface area contributed by atoms with Crippen LogP contribution in [0.5, 0.6) is 0 Å². The van der Waals surface area contributed by atoms with E-state index in [9.17, 15) is 9.59 Å². The van der Waals surface area contributed by atoms with Crippen LogP contribution in [0.2, 0.25) is 0 Å². The molecular formula is C24H29N7O2. The maximum Gasteiger partial charge on any atom is 0.326 e. The van der Waals surface area contributed by atoms with Crippen molar-refractivity contribution in [2.24, 2.45) is 0 Å². The lowest BCUT2D eigenvalue weighted by Crippen LogP contribution is -2.44. The van der Waals surface area contributed by atoms with Crippen molar-refractivity contribution in [1.82, 2.24) is 33.9 Å². The molecule has 1 N–H and O–H groups in total. The van der Waals surface area contributed by atoms with Gasteiger partial charge >= 0.3 is 5.69 Å². The third-order valence-corrected chi connectivity index (χ3v) is 6.64. The molecule has 0 radical (unpaired) electrons. The molecule has 4 heterocycles. The molecule has 1 aromatic carbocycles. The number of aromatic amines is 1. The number of likely N-dealkylation sites (N-methyl/N-ethyl adjacent to an activating group) is 1. The SMILES string of the molecule is Cc1cc2c(cc1-c1cc(C)c3ncnn3c1)[nH]c(=O)n2[C@H]1CCCN(CC(=O)N(C)C)C1. The third-order valence-electron chi connectivity index (χ3n) is 6.64. The molecule has 0 unspecified atom stereocenters. The quantitative estimate of drug-likeness (QED) is 0.519. The molecule has 0 saturated carbocycles. The van der Waals surface area contributed by atoms with Gasteiger partial charge in [0.05, 0.1) is 23.6 Å². The van der Waals surface area contributed by atoms with Gasteiger partial charge in [-0.3, -0.25) is 14.3 Å². The predicted octanol–water partition coefficient (Wildman–Crippen LogP) is 2.38. The minimum atomic E-state index is -0.102. The van der Waals surface area contributed by atoms with Gasteiger partial charge in [-0.25, -0.2) is 14.3 Å². The topological polar surface area (TPSA) is 91.5 Å². The van der Waals surface area contributed by atoms with E-state index in [4.69, 9.17) is 0 Å². The van der Waals surface area contributed by atoms with Crippen molar-refractivity contribution >= 4 is 22.6 Å². The molecule has 33 heavy (non-hydrogen) atoms. The summed E-state index contributed by atoms with van der Waals surface area (Å²) in [6.45, 7) is 6.04. The zero-order valence-corrected chi connectivity index (χ0v) is 19.5. The predicted molar refractivity (Wildman–Crippen MR) is 127 cm³/mol. The summed E-state index contributed by atoms with van der Waals surface area (Å²) in [5.41, 5.74) is 6.68. The molecule has 1 aliphatic heterocycles. The van der Waals surface area contributed by atoms with E-state index in [1.807, 2.05) is 17.7 Å². The average molecular weight is 448 g/mol. The Morgan fingerprint density at radius 3 is 2.82 bits per heavy atom. The zero-order chi connectivity index (χ0) is 23.3. The van der Waals surface area contributed by atoms with Crippen molar-refractivity contribution < 1.29 is 4.79 Å². The number of carbonyl (C=O) groups is 1. The highest BCUT2D eigenvalue weighted by Crippen LogP contribution is 2.31. The summed E-state index contributed by atoms with van der Waals surface area (Å²) in [6, 6.07) is 6.28. The average Bonchev–Trinajstić information content (AvgIpc) is 3.37. The van der Waals surface area contributed by atoms with Gasteiger partial charge < -0.3 is 9.88 Å². The number of fused-ring (bicyclic) bond motifs is 2. The molecule has 4 aromatic rings. The molecule has 172 valence electrons. The molecule has 1 saturated heterocycles. The number of piperidine rings is 1. The van der Waals surface area contributed by atoms with Crippen molar-refractivity contribution in [2.75, 3.05) is 33.7 Å². The Kier molecular flexibility index (Phi) is 5.28. The first kappa shape index (κ1) is 21.4. The number of pyridine rings is 1. The highest BCUT2D eigenvalue weighted by Gasteiger charge is 2.26. The molecule has 1 fully saturated rings. The summed E-state index contributed by atoms with van der Waals surface area (Å²) in [5.74, 6) is 0.0852. The van der Waals surface area contributed by atoms with Crippen LogP contribution in [-0.2, 0) is 4.79 Å². The molecule has 0 aliphatic carbocycles. The van der Waals surface area contributed by atoms with Gasteiger partial charge in [-0.2, -0.15) is 5.10 Å². The van der Waals surface area contributed by atoms with Gasteiger partial charge in [0, 0.05) is 32.4 Å². The van der Waals surface area contributed by atoms with E-state index in [1.54, 1.807) is 29.8 Å². The van der Waals surface area contributed by atoms with Crippen LogP contribution in [0.4, 0.5) is 0 Å². The summed E-state index contributed by atoms with van der Waals surface area (Å²) in [4.78, 5) is 36.3. The monoisotopic (exact) mass is 447 g/mol. The normalized spacial score (nSPS) is 17.2. The number of aryl methyl sites for hydroxylation is 2. The summed E-state index contributed by atoms with van der Waals surface area (Å²) in [6.07, 6.45) is 5.40. The lowest BCUT2D eigenvalue weighted by atomic mass is 9.99. The van der Waals surface area contributed by atoms with E-state index < -0.39 is 0 Å². The Labute approximate surface area is 191 Å². The number of hydrogen-bond donors (Lipinski definition) is 1. The first-order valence-corrected chi connectivity index (χ1v) is 11.3. The number of hydrogen-bond acceptors (Lipinski definition) is 5. The number of imidazole rings is 1. The van der Waals surface area contributed by atoms with Crippen LogP contribution in [0.3, 0.4) is 0 Å². The van der Waals surface area contributed by atoms with Gasteiger partial charge in [-0.1, -0.05) is 0 Å². The van der Waals surface area contributed by atoms with Gasteiger partial charge in [0.15, 0.2) is 5.65 Å². The van der Waals surface area contributed by atoms with Crippen LogP contribution >= 0.6 is 0 Å². The van der Waals surface area contributed by atoms with E-state index in [-0.39, 0.29) is 17.6 Å². The van der Waals surface area contributed by atoms with E-state index >= 15 is 0 Å². The highest BCUT2D eigenvalue weighted by molar-refractivity contribution is 5.85. The maximum atomic E-state index is 13.0. The molecule has 1 aliphatic rings. The molecule has 1 amide bonds. The Morgan fingerprint density at radius 1 is 1.21 bits per heavy atom. The van der Waals surface area contributed by atoms with Crippen molar-refractivity contribution in [3.8, 4) is 11.1 Å². The second-order valence-electron chi connectivity index (χ2n) is 9.24. The number of aromatic nitrogens is 5. The molecule has 0 spiro atoms. The fourth-order valence-electron chi connectivity index (χ4n) is 4.91. The minimum Gasteiger partial charge on any atom is -0.348 e. The fourth-order valence-corrected chi connectivity index (χ4v) is 4.91. The lowest BCUT2D eigenvalue weighted by molar-refractivity contribution is -0.130. The van der Waals surface area contributed by atoms with Gasteiger partial charge in [0.25, 0.3) is 0 Å². The van der Waals surface area contributed by atoms with E-state index in [2.05, 4.69) is 45.1 Å². The molecule has 5 rings (SSSR count). The van der Waals surface area contributed by atoms with Gasteiger partial charge in [-0.05, 0) is 68.1 Å². The number of nitrogens with zero attached hydrogens (tertiary/aromatic N) is 6. The maximum absolute atomic E-state index is 13.0. The van der Waals surface area contributed by atoms with E-state index in [0.29, 0.717) is 13.1 Å². The lowest BCUT2D eigenvalue weighted by Gasteiger charge is -2.33. The largest absolute Gasteiger partial charge is 0.348 e. The van der Waals surface area contributed by atoms with Crippen LogP contribution < -0.4 is 5.69 Å². The van der Waals surface area contributed by atoms with E-state index in [1.165, 1.54) is 0 Å². The molecular weight excluding hydrogens is 418 g/mol. The van der Waals surface area contributed by atoms with Crippen LogP contribution in [0.1, 0.15) is 30.0 Å². The van der Waals surface area contributed by atoms with Gasteiger partial charge in [-0.15, -0.1) is 0 Å². The van der Waals surface area contributed by atoms with Gasteiger partial charge in [0.1, 0.15) is 6.33 Å². The number of nitrogens with one attached hydrogen (secondary N) is 1. The molecule has 9 nitrogen and oxygen atoms in total. The van der Waals surface area contributed by atoms with Crippen molar-refractivity contribution in [2.45, 2.75) is 32.7 Å². The summed E-state index contributed by atoms with van der Waals surface area (Å²) < 4.78 is 3.66. The van der Waals surface area contributed by atoms with Gasteiger partial charge in [0.2, 0.25) is 5.91 Å². The number of amides is 1. The Balaban J connectivity index is 1.51. The summed E-state index contributed by atoms with van der Waals surface area (Å²) >= 11 is 0. The van der Waals surface area contributed by atoms with Crippen molar-refractivity contribution in [1.29, 1.82) is 0 Å². The zero-order valence-electron chi connectivity index (χ0n) is 19.5. The number of likely N-dealkylation sites (tertiary alicyclic amines) is 1. The molecule has 9 heteroatoms. The fraction of sp³-hybridized carbons (Fsp3) is 0.417. The first-order valence-electron chi connectivity index (χ1n) is 11.3.